The van der Waals surface area contributed by atoms with E-state index in [2.05, 4.69) is 26.1 Å². The van der Waals surface area contributed by atoms with Gasteiger partial charge >= 0.3 is 0 Å². The maximum Gasteiger partial charge on any atom is 0.126 e. The monoisotopic (exact) mass is 265 g/mol. The van der Waals surface area contributed by atoms with Gasteiger partial charge < -0.3 is 10.1 Å². The van der Waals surface area contributed by atoms with Crippen molar-refractivity contribution < 1.29 is 9.13 Å². The molecular weight excluding hydrogens is 241 g/mol. The maximum atomic E-state index is 13.6. The Labute approximate surface area is 115 Å². The van der Waals surface area contributed by atoms with Crippen LogP contribution in [0, 0.1) is 18.2 Å². The SMILES string of the molecule is Cc1ccc(C2CNC(C(C)(C)C)CCO2)cc1F. The van der Waals surface area contributed by atoms with Gasteiger partial charge in [-0.15, -0.1) is 0 Å². The van der Waals surface area contributed by atoms with Crippen LogP contribution in [-0.4, -0.2) is 19.2 Å². The number of hydrogen-bond acceptors (Lipinski definition) is 2. The number of ether oxygens (including phenoxy) is 1. The highest BCUT2D eigenvalue weighted by Gasteiger charge is 2.28. The fraction of sp³-hybridized carbons (Fsp3) is 0.625. The summed E-state index contributed by atoms with van der Waals surface area (Å²) in [5.74, 6) is -0.155. The highest BCUT2D eigenvalue weighted by Crippen LogP contribution is 2.27. The molecule has 3 heteroatoms. The second kappa shape index (κ2) is 5.59. The lowest BCUT2D eigenvalue weighted by atomic mass is 9.85. The minimum Gasteiger partial charge on any atom is -0.372 e. The van der Waals surface area contributed by atoms with E-state index in [1.165, 1.54) is 0 Å². The van der Waals surface area contributed by atoms with Crippen molar-refractivity contribution in [2.75, 3.05) is 13.2 Å². The summed E-state index contributed by atoms with van der Waals surface area (Å²) in [5, 5.41) is 3.56. The van der Waals surface area contributed by atoms with E-state index in [4.69, 9.17) is 4.74 Å². The topological polar surface area (TPSA) is 21.3 Å². The molecule has 1 N–H and O–H groups in total. The van der Waals surface area contributed by atoms with Crippen molar-refractivity contribution in [3.63, 3.8) is 0 Å². The van der Waals surface area contributed by atoms with Crippen molar-refractivity contribution in [1.29, 1.82) is 0 Å². The van der Waals surface area contributed by atoms with Crippen molar-refractivity contribution >= 4 is 0 Å². The summed E-state index contributed by atoms with van der Waals surface area (Å²) in [4.78, 5) is 0. The van der Waals surface area contributed by atoms with Crippen molar-refractivity contribution in [3.8, 4) is 0 Å². The molecule has 1 heterocycles. The van der Waals surface area contributed by atoms with Gasteiger partial charge in [-0.2, -0.15) is 0 Å². The number of rotatable bonds is 1. The molecule has 106 valence electrons. The first-order valence-electron chi connectivity index (χ1n) is 6.99. The molecule has 2 rings (SSSR count). The summed E-state index contributed by atoms with van der Waals surface area (Å²) in [6, 6.07) is 5.81. The van der Waals surface area contributed by atoms with Crippen LogP contribution in [-0.2, 0) is 4.74 Å². The maximum absolute atomic E-state index is 13.6. The molecule has 1 aromatic rings. The van der Waals surface area contributed by atoms with Gasteiger partial charge in [0.15, 0.2) is 0 Å². The highest BCUT2D eigenvalue weighted by molar-refractivity contribution is 5.25. The third-order valence-electron chi connectivity index (χ3n) is 3.89. The summed E-state index contributed by atoms with van der Waals surface area (Å²) >= 11 is 0. The van der Waals surface area contributed by atoms with Gasteiger partial charge in [0.2, 0.25) is 0 Å². The Morgan fingerprint density at radius 3 is 2.68 bits per heavy atom. The fourth-order valence-electron chi connectivity index (χ4n) is 2.50. The molecule has 1 saturated heterocycles. The predicted molar refractivity (Wildman–Crippen MR) is 75.7 cm³/mol. The van der Waals surface area contributed by atoms with Crippen LogP contribution >= 0.6 is 0 Å². The Kier molecular flexibility index (Phi) is 4.26. The predicted octanol–water partition coefficient (Wildman–Crippen LogP) is 3.60. The molecule has 0 bridgehead atoms. The van der Waals surface area contributed by atoms with Gasteiger partial charge in [0.1, 0.15) is 5.82 Å². The van der Waals surface area contributed by atoms with Crippen molar-refractivity contribution in [1.82, 2.24) is 5.32 Å². The van der Waals surface area contributed by atoms with Gasteiger partial charge in [0.05, 0.1) is 6.10 Å². The van der Waals surface area contributed by atoms with E-state index >= 15 is 0 Å². The van der Waals surface area contributed by atoms with Gasteiger partial charge in [-0.25, -0.2) is 4.39 Å². The molecule has 19 heavy (non-hydrogen) atoms. The quantitative estimate of drug-likeness (QED) is 0.837. The summed E-state index contributed by atoms with van der Waals surface area (Å²) in [6.45, 7) is 9.93. The minimum atomic E-state index is -0.155. The van der Waals surface area contributed by atoms with E-state index in [9.17, 15) is 4.39 Å². The zero-order valence-corrected chi connectivity index (χ0v) is 12.3. The van der Waals surface area contributed by atoms with Crippen LogP contribution in [0.25, 0.3) is 0 Å². The number of hydrogen-bond donors (Lipinski definition) is 1. The average molecular weight is 265 g/mol. The van der Waals surface area contributed by atoms with Gasteiger partial charge in [-0.3, -0.25) is 0 Å². The summed E-state index contributed by atoms with van der Waals surface area (Å²) in [5.41, 5.74) is 1.82. The van der Waals surface area contributed by atoms with E-state index in [0.29, 0.717) is 11.6 Å². The molecule has 2 atom stereocenters. The number of nitrogens with one attached hydrogen (secondary N) is 1. The number of aryl methyl sites for hydroxylation is 1. The first-order chi connectivity index (χ1) is 8.88. The first-order valence-corrected chi connectivity index (χ1v) is 6.99. The minimum absolute atomic E-state index is 0.0533. The second-order valence-electron chi connectivity index (χ2n) is 6.48. The van der Waals surface area contributed by atoms with E-state index in [-0.39, 0.29) is 17.3 Å². The Bertz CT molecular complexity index is 439. The third kappa shape index (κ3) is 3.54. The summed E-state index contributed by atoms with van der Waals surface area (Å²) < 4.78 is 19.5. The number of benzene rings is 1. The van der Waals surface area contributed by atoms with Gasteiger partial charge in [-0.05, 0) is 36.0 Å². The van der Waals surface area contributed by atoms with E-state index in [0.717, 1.165) is 25.1 Å². The molecule has 0 saturated carbocycles. The first kappa shape index (κ1) is 14.5. The Balaban J connectivity index is 2.08. The second-order valence-corrected chi connectivity index (χ2v) is 6.48. The lowest BCUT2D eigenvalue weighted by Gasteiger charge is -2.30. The molecule has 0 aliphatic carbocycles. The van der Waals surface area contributed by atoms with Crippen LogP contribution in [0.5, 0.6) is 0 Å². The molecule has 1 aromatic carbocycles. The molecule has 1 aliphatic heterocycles. The van der Waals surface area contributed by atoms with Gasteiger partial charge in [0, 0.05) is 19.2 Å². The number of halogens is 1. The molecule has 0 amide bonds. The van der Waals surface area contributed by atoms with Crippen LogP contribution < -0.4 is 5.32 Å². The van der Waals surface area contributed by atoms with Crippen LogP contribution in [0.15, 0.2) is 18.2 Å². The van der Waals surface area contributed by atoms with E-state index in [1.807, 2.05) is 12.1 Å². The summed E-state index contributed by atoms with van der Waals surface area (Å²) in [7, 11) is 0. The zero-order valence-electron chi connectivity index (χ0n) is 12.3. The average Bonchev–Trinajstić information content (AvgIpc) is 2.57. The standard InChI is InChI=1S/C16H24FNO/c1-11-5-6-12(9-13(11)17)14-10-18-15(7-8-19-14)16(2,3)4/h5-6,9,14-15,18H,7-8,10H2,1-4H3. The van der Waals surface area contributed by atoms with Crippen LogP contribution in [0.1, 0.15) is 44.4 Å². The smallest absolute Gasteiger partial charge is 0.126 e. The van der Waals surface area contributed by atoms with Crippen molar-refractivity contribution in [2.45, 2.75) is 46.3 Å². The van der Waals surface area contributed by atoms with Crippen molar-refractivity contribution in [3.05, 3.63) is 35.1 Å². The molecule has 2 unspecified atom stereocenters. The lowest BCUT2D eigenvalue weighted by Crippen LogP contribution is -2.40. The molecule has 0 radical (unpaired) electrons. The zero-order chi connectivity index (χ0) is 14.0. The van der Waals surface area contributed by atoms with E-state index < -0.39 is 0 Å². The lowest BCUT2D eigenvalue weighted by molar-refractivity contribution is 0.0651. The largest absolute Gasteiger partial charge is 0.372 e. The summed E-state index contributed by atoms with van der Waals surface area (Å²) in [6.07, 6.45) is 0.941. The van der Waals surface area contributed by atoms with Gasteiger partial charge in [-0.1, -0.05) is 32.9 Å². The molecule has 2 nitrogen and oxygen atoms in total. The van der Waals surface area contributed by atoms with Crippen LogP contribution in [0.3, 0.4) is 0 Å². The van der Waals surface area contributed by atoms with Crippen LogP contribution in [0.2, 0.25) is 0 Å². The Morgan fingerprint density at radius 1 is 1.32 bits per heavy atom. The van der Waals surface area contributed by atoms with Gasteiger partial charge in [0.25, 0.3) is 0 Å². The Morgan fingerprint density at radius 2 is 2.05 bits per heavy atom. The highest BCUT2D eigenvalue weighted by atomic mass is 19.1. The molecule has 1 fully saturated rings. The Hall–Kier alpha value is -0.930. The molecule has 1 aliphatic rings. The molecular formula is C16H24FNO. The van der Waals surface area contributed by atoms with E-state index in [1.54, 1.807) is 13.0 Å². The molecule has 0 spiro atoms. The molecule has 0 aromatic heterocycles. The van der Waals surface area contributed by atoms with Crippen LogP contribution in [0.4, 0.5) is 4.39 Å². The fourth-order valence-corrected chi connectivity index (χ4v) is 2.50. The third-order valence-corrected chi connectivity index (χ3v) is 3.89. The normalized spacial score (nSPS) is 25.1. The van der Waals surface area contributed by atoms with Crippen molar-refractivity contribution in [2.24, 2.45) is 5.41 Å².